The number of likely N-dealkylation sites (tertiary alicyclic amines) is 1. The van der Waals surface area contributed by atoms with Gasteiger partial charge >= 0.3 is 0 Å². The van der Waals surface area contributed by atoms with Gasteiger partial charge in [-0.3, -0.25) is 43.7 Å². The zero-order chi connectivity index (χ0) is 48.4. The monoisotopic (exact) mass is 995 g/mol. The molecule has 0 aromatic heterocycles. The third-order valence-electron chi connectivity index (χ3n) is 11.5. The number of hydrogen-bond acceptors (Lipinski definition) is 11. The molecule has 20 nitrogen and oxygen atoms in total. The van der Waals surface area contributed by atoms with Crippen molar-refractivity contribution in [3.05, 3.63) is 75.5 Å². The van der Waals surface area contributed by atoms with Crippen LogP contribution in [0.1, 0.15) is 84.3 Å². The molecular weight excluding hydrogens is 927 g/mol. The second-order valence-corrected chi connectivity index (χ2v) is 17.2. The molecule has 1 aliphatic heterocycles. The van der Waals surface area contributed by atoms with Gasteiger partial charge < -0.3 is 52.8 Å². The average molecular weight is 996 g/mol. The van der Waals surface area contributed by atoms with Crippen molar-refractivity contribution in [1.82, 2.24) is 41.7 Å². The van der Waals surface area contributed by atoms with Crippen molar-refractivity contribution in [2.24, 2.45) is 5.92 Å². The number of nitro groups is 1. The van der Waals surface area contributed by atoms with Gasteiger partial charge in [-0.05, 0) is 109 Å². The molecule has 0 bridgehead atoms. The van der Waals surface area contributed by atoms with E-state index in [0.717, 1.165) is 13.0 Å². The summed E-state index contributed by atoms with van der Waals surface area (Å²) in [5, 5.41) is 30.3. The van der Waals surface area contributed by atoms with Gasteiger partial charge in [0, 0.05) is 70.9 Å². The fourth-order valence-corrected chi connectivity index (χ4v) is 7.46. The van der Waals surface area contributed by atoms with E-state index in [1.165, 1.54) is 24.1 Å². The minimum absolute atomic E-state index is 0. The summed E-state index contributed by atoms with van der Waals surface area (Å²) in [6.45, 7) is 10.5. The second kappa shape index (κ2) is 28.2. The van der Waals surface area contributed by atoms with Gasteiger partial charge in [0.15, 0.2) is 6.03 Å². The van der Waals surface area contributed by atoms with Crippen LogP contribution in [-0.2, 0) is 74.3 Å². The molecule has 21 heteroatoms. The van der Waals surface area contributed by atoms with Gasteiger partial charge in [0.2, 0.25) is 35.4 Å². The maximum absolute atomic E-state index is 14.4. The van der Waals surface area contributed by atoms with Crippen LogP contribution in [0.2, 0.25) is 0 Å². The Morgan fingerprint density at radius 3 is 1.86 bits per heavy atom. The Morgan fingerprint density at radius 2 is 1.32 bits per heavy atom. The number of unbranched alkanes of at least 4 members (excludes halogenated alkanes) is 1. The first-order valence-corrected chi connectivity index (χ1v) is 22.2. The van der Waals surface area contributed by atoms with E-state index in [-0.39, 0.29) is 82.4 Å². The van der Waals surface area contributed by atoms with E-state index in [2.05, 4.69) is 56.0 Å². The molecule has 0 aliphatic carbocycles. The van der Waals surface area contributed by atoms with E-state index in [1.807, 2.05) is 20.9 Å². The number of rotatable bonds is 25. The Bertz CT molecular complexity index is 1950. The number of nitro benzene ring substituents is 1. The van der Waals surface area contributed by atoms with E-state index in [9.17, 15) is 43.7 Å². The average Bonchev–Trinajstić information content (AvgIpc) is 3.76. The molecular formula is C45H68N11O9Y-. The smallest absolute Gasteiger partial charge is 0.269 e. The van der Waals surface area contributed by atoms with Crippen molar-refractivity contribution in [2.45, 2.75) is 128 Å². The molecule has 0 unspecified atom stereocenters. The fourth-order valence-electron chi connectivity index (χ4n) is 7.46. The Hall–Kier alpha value is -5.05. The Kier molecular flexibility index (Phi) is 24.4. The van der Waals surface area contributed by atoms with Crippen LogP contribution >= 0.6 is 0 Å². The number of anilines is 1. The van der Waals surface area contributed by atoms with Gasteiger partial charge in [0.05, 0.1) is 11.0 Å². The molecule has 3 rings (SSSR count). The molecule has 8 amide bonds. The van der Waals surface area contributed by atoms with Crippen LogP contribution in [0.5, 0.6) is 0 Å². The number of urea groups is 1. The second-order valence-electron chi connectivity index (χ2n) is 17.2. The molecule has 0 saturated carbocycles. The van der Waals surface area contributed by atoms with Crippen molar-refractivity contribution in [3.8, 4) is 0 Å². The largest absolute Gasteiger partial charge is 0.447 e. The molecule has 0 spiro atoms. The van der Waals surface area contributed by atoms with E-state index in [0.29, 0.717) is 42.1 Å². The molecule has 1 radical (unpaired) electrons. The fraction of sp³-hybridized carbons (Fsp3) is 0.578. The number of amides is 8. The van der Waals surface area contributed by atoms with Gasteiger partial charge in [0.25, 0.3) is 5.69 Å². The van der Waals surface area contributed by atoms with E-state index in [1.54, 1.807) is 50.4 Å². The molecule has 2 aromatic rings. The summed E-state index contributed by atoms with van der Waals surface area (Å²) < 4.78 is 0. The molecule has 66 heavy (non-hydrogen) atoms. The summed E-state index contributed by atoms with van der Waals surface area (Å²) in [4.78, 5) is 108. The number of likely N-dealkylation sites (N-methyl/N-ethyl adjacent to an activating group) is 2. The summed E-state index contributed by atoms with van der Waals surface area (Å²) in [6.07, 6.45) is 2.73. The molecule has 1 aliphatic rings. The summed E-state index contributed by atoms with van der Waals surface area (Å²) in [7, 11) is 5.03. The predicted molar refractivity (Wildman–Crippen MR) is 246 cm³/mol. The normalized spacial score (nSPS) is 15.7. The number of carbonyl (C=O) groups is 7. The van der Waals surface area contributed by atoms with Crippen molar-refractivity contribution >= 4 is 52.8 Å². The molecule has 1 saturated heterocycles. The first-order chi connectivity index (χ1) is 30.7. The number of non-ortho nitro benzene ring substituents is 1. The first kappa shape index (κ1) is 57.1. The molecule has 6 atom stereocenters. The van der Waals surface area contributed by atoms with Crippen LogP contribution in [0, 0.1) is 16.0 Å². The van der Waals surface area contributed by atoms with Crippen LogP contribution in [0.15, 0.2) is 48.5 Å². The summed E-state index contributed by atoms with van der Waals surface area (Å²) in [6, 6.07) is 5.43. The number of hydrogen-bond donors (Lipinski definition) is 7. The maximum atomic E-state index is 14.4. The Morgan fingerprint density at radius 1 is 0.773 bits per heavy atom. The number of nitrogens with zero attached hydrogens (tertiary/aromatic N) is 3. The van der Waals surface area contributed by atoms with Crippen molar-refractivity contribution < 1.29 is 71.2 Å². The zero-order valence-corrected chi connectivity index (χ0v) is 42.2. The topological polar surface area (TPSA) is 277 Å². The van der Waals surface area contributed by atoms with Crippen LogP contribution in [0.4, 0.5) is 16.2 Å². The molecule has 1 heterocycles. The maximum Gasteiger partial charge on any atom is 0.269 e. The zero-order valence-electron chi connectivity index (χ0n) is 39.4. The molecule has 361 valence electrons. The van der Waals surface area contributed by atoms with Crippen molar-refractivity contribution in [3.63, 3.8) is 0 Å². The van der Waals surface area contributed by atoms with E-state index < -0.39 is 76.7 Å². The number of benzene rings is 2. The summed E-state index contributed by atoms with van der Waals surface area (Å²) in [5.74, 6) is -3.28. The van der Waals surface area contributed by atoms with Crippen molar-refractivity contribution in [2.75, 3.05) is 39.5 Å². The van der Waals surface area contributed by atoms with Gasteiger partial charge in [0.1, 0.15) is 30.2 Å². The van der Waals surface area contributed by atoms with Crippen LogP contribution in [-0.4, -0.2) is 133 Å². The predicted octanol–water partition coefficient (Wildman–Crippen LogP) is 2.80. The molecule has 2 aromatic carbocycles. The molecule has 8 N–H and O–H groups in total. The third-order valence-corrected chi connectivity index (χ3v) is 11.5. The van der Waals surface area contributed by atoms with Crippen LogP contribution < -0.4 is 37.2 Å². The third kappa shape index (κ3) is 18.3. The Balaban J connectivity index is 0.0000150. The summed E-state index contributed by atoms with van der Waals surface area (Å²) in [5.41, 5.74) is 8.66. The number of carbonyl (C=O) groups excluding carboxylic acids is 7. The SMILES string of the molecule is CNC(=O)[C@@H](C)NC(=O)[C@@H]1CCCN1C(=O)[C@H](CCCCN(C)C(C)C)NC(=O)[C@H](CC(C)C)NC(=O)[C@@H](Cc1ccc(NC([NH-])=O)cc1)NC(=O)[C@H](Cc1ccc([N+](=O)[O-])cc1)NC.[Y]. The minimum atomic E-state index is -1.23. The van der Waals surface area contributed by atoms with Gasteiger partial charge in [-0.15, -0.1) is 0 Å². The van der Waals surface area contributed by atoms with Gasteiger partial charge in [-0.2, -0.15) is 0 Å². The number of nitrogens with one attached hydrogen (secondary N) is 8. The Labute approximate surface area is 412 Å². The summed E-state index contributed by atoms with van der Waals surface area (Å²) >= 11 is 0. The van der Waals surface area contributed by atoms with Crippen LogP contribution in [0.25, 0.3) is 5.73 Å². The molecule has 1 fully saturated rings. The van der Waals surface area contributed by atoms with Gasteiger partial charge in [-0.25, -0.2) is 0 Å². The van der Waals surface area contributed by atoms with E-state index >= 15 is 0 Å². The standard InChI is InChI=1S/C45H69N11O9.Y/c1-27(2)24-36(41(59)51-34(12-9-10-22-54(8)28(3)4)44(62)55-23-11-13-38(55)43(61)49-29(5)39(57)48-7)52-42(60)37(26-30-14-18-32(19-15-30)50-45(46)63)53-40(58)35(47-6)25-31-16-20-33(21-17-31)56(64)65;/h14-21,27-29,34-38,47H,9-13,22-26H2,1-8H3,(H8,46,48,49,50,51,52,53,57,58,59,60,61,63);/p-1/t29-,34+,35+,36+,37-,38+;/m1./s1. The van der Waals surface area contributed by atoms with Gasteiger partial charge in [-0.1, -0.05) is 50.2 Å². The quantitative estimate of drug-likeness (QED) is 0.0432. The van der Waals surface area contributed by atoms with E-state index in [4.69, 9.17) is 5.73 Å². The van der Waals surface area contributed by atoms with Crippen LogP contribution in [0.3, 0.4) is 0 Å². The van der Waals surface area contributed by atoms with Crippen molar-refractivity contribution in [1.29, 1.82) is 0 Å². The first-order valence-electron chi connectivity index (χ1n) is 22.2. The minimum Gasteiger partial charge on any atom is -0.447 e.